The van der Waals surface area contributed by atoms with Gasteiger partial charge in [-0.15, -0.1) is 0 Å². The Bertz CT molecular complexity index is 575. The summed E-state index contributed by atoms with van der Waals surface area (Å²) in [5, 5.41) is 0. The van der Waals surface area contributed by atoms with E-state index in [0.717, 1.165) is 23.3 Å². The minimum absolute atomic E-state index is 0.408. The lowest BCUT2D eigenvalue weighted by Crippen LogP contribution is -2.12. The number of methoxy groups -OCH3 is 1. The van der Waals surface area contributed by atoms with Crippen LogP contribution in [-0.2, 0) is 13.0 Å². The van der Waals surface area contributed by atoms with Crippen LogP contribution < -0.4 is 20.7 Å². The van der Waals surface area contributed by atoms with Crippen molar-refractivity contribution in [1.82, 2.24) is 9.97 Å². The number of ether oxygens (including phenoxy) is 2. The number of nitrogen functional groups attached to an aromatic ring is 1. The van der Waals surface area contributed by atoms with E-state index in [2.05, 4.69) is 15.4 Å². The normalized spacial score (nSPS) is 10.2. The van der Waals surface area contributed by atoms with Gasteiger partial charge in [-0.05, 0) is 24.1 Å². The number of nitrogens with zero attached hydrogens (tertiary/aromatic N) is 2. The van der Waals surface area contributed by atoms with Crippen LogP contribution in [0.2, 0.25) is 0 Å². The minimum atomic E-state index is 0.408. The SMILES string of the molecule is CCc1c(NN)ncnc1OCc1cccc(OC)c1. The second-order valence-electron chi connectivity index (χ2n) is 4.14. The summed E-state index contributed by atoms with van der Waals surface area (Å²) in [5.74, 6) is 7.35. The number of nitrogens with two attached hydrogens (primary N) is 1. The molecule has 2 rings (SSSR count). The number of nitrogens with one attached hydrogen (secondary N) is 1. The molecule has 0 atom stereocenters. The molecule has 2 aromatic rings. The molecule has 0 unspecified atom stereocenters. The molecule has 0 amide bonds. The quantitative estimate of drug-likeness (QED) is 0.618. The van der Waals surface area contributed by atoms with E-state index in [4.69, 9.17) is 15.3 Å². The van der Waals surface area contributed by atoms with Crippen molar-refractivity contribution in [3.8, 4) is 11.6 Å². The fourth-order valence-electron chi connectivity index (χ4n) is 1.88. The average molecular weight is 274 g/mol. The molecule has 0 aliphatic carbocycles. The summed E-state index contributed by atoms with van der Waals surface area (Å²) < 4.78 is 10.9. The van der Waals surface area contributed by atoms with Gasteiger partial charge in [0.15, 0.2) is 0 Å². The summed E-state index contributed by atoms with van der Waals surface area (Å²) in [6, 6.07) is 7.71. The minimum Gasteiger partial charge on any atom is -0.497 e. The van der Waals surface area contributed by atoms with Crippen molar-refractivity contribution in [2.45, 2.75) is 20.0 Å². The Labute approximate surface area is 117 Å². The number of hydrazine groups is 1. The van der Waals surface area contributed by atoms with Crippen molar-refractivity contribution in [2.75, 3.05) is 12.5 Å². The number of benzene rings is 1. The van der Waals surface area contributed by atoms with E-state index in [1.807, 2.05) is 31.2 Å². The van der Waals surface area contributed by atoms with Crippen LogP contribution in [0.3, 0.4) is 0 Å². The predicted molar refractivity (Wildman–Crippen MR) is 76.5 cm³/mol. The summed E-state index contributed by atoms with van der Waals surface area (Å²) in [6.45, 7) is 2.41. The molecule has 6 heteroatoms. The Balaban J connectivity index is 2.14. The summed E-state index contributed by atoms with van der Waals surface area (Å²) in [5.41, 5.74) is 4.42. The lowest BCUT2D eigenvalue weighted by Gasteiger charge is -2.12. The van der Waals surface area contributed by atoms with E-state index < -0.39 is 0 Å². The summed E-state index contributed by atoms with van der Waals surface area (Å²) in [7, 11) is 1.64. The Morgan fingerprint density at radius 2 is 2.15 bits per heavy atom. The highest BCUT2D eigenvalue weighted by atomic mass is 16.5. The third kappa shape index (κ3) is 3.16. The van der Waals surface area contributed by atoms with Crippen molar-refractivity contribution in [1.29, 1.82) is 0 Å². The van der Waals surface area contributed by atoms with Crippen LogP contribution in [0.25, 0.3) is 0 Å². The average Bonchev–Trinajstić information content (AvgIpc) is 2.52. The molecule has 0 bridgehead atoms. The van der Waals surface area contributed by atoms with Gasteiger partial charge in [-0.3, -0.25) is 0 Å². The van der Waals surface area contributed by atoms with Gasteiger partial charge >= 0.3 is 0 Å². The molecule has 1 heterocycles. The van der Waals surface area contributed by atoms with Gasteiger partial charge in [-0.25, -0.2) is 15.8 Å². The zero-order valence-electron chi connectivity index (χ0n) is 11.6. The first-order chi connectivity index (χ1) is 9.78. The number of aromatic nitrogens is 2. The number of rotatable bonds is 6. The molecule has 1 aromatic carbocycles. The van der Waals surface area contributed by atoms with Gasteiger partial charge in [0, 0.05) is 0 Å². The molecule has 0 fully saturated rings. The lowest BCUT2D eigenvalue weighted by molar-refractivity contribution is 0.289. The van der Waals surface area contributed by atoms with Crippen LogP contribution >= 0.6 is 0 Å². The second kappa shape index (κ2) is 6.72. The highest BCUT2D eigenvalue weighted by Gasteiger charge is 2.10. The van der Waals surface area contributed by atoms with Crippen LogP contribution in [0.1, 0.15) is 18.1 Å². The lowest BCUT2D eigenvalue weighted by atomic mass is 10.2. The van der Waals surface area contributed by atoms with E-state index in [0.29, 0.717) is 18.3 Å². The fraction of sp³-hybridized carbons (Fsp3) is 0.286. The highest BCUT2D eigenvalue weighted by Crippen LogP contribution is 2.23. The van der Waals surface area contributed by atoms with E-state index in [1.165, 1.54) is 6.33 Å². The van der Waals surface area contributed by atoms with Gasteiger partial charge in [0.25, 0.3) is 0 Å². The zero-order valence-corrected chi connectivity index (χ0v) is 11.6. The molecule has 106 valence electrons. The maximum Gasteiger partial charge on any atom is 0.222 e. The predicted octanol–water partition coefficient (Wildman–Crippen LogP) is 1.91. The van der Waals surface area contributed by atoms with Crippen LogP contribution in [0.4, 0.5) is 5.82 Å². The van der Waals surface area contributed by atoms with Gasteiger partial charge in [0.1, 0.15) is 24.5 Å². The Kier molecular flexibility index (Phi) is 4.73. The van der Waals surface area contributed by atoms with Crippen LogP contribution in [0, 0.1) is 0 Å². The number of anilines is 1. The van der Waals surface area contributed by atoms with Crippen molar-refractivity contribution < 1.29 is 9.47 Å². The first-order valence-electron chi connectivity index (χ1n) is 6.34. The van der Waals surface area contributed by atoms with Crippen LogP contribution in [-0.4, -0.2) is 17.1 Å². The topological polar surface area (TPSA) is 82.3 Å². The molecular formula is C14H18N4O2. The largest absolute Gasteiger partial charge is 0.497 e. The van der Waals surface area contributed by atoms with Gasteiger partial charge in [0.05, 0.1) is 12.7 Å². The molecule has 0 saturated carbocycles. The molecular weight excluding hydrogens is 256 g/mol. The molecule has 0 aliphatic heterocycles. The van der Waals surface area contributed by atoms with Crippen molar-refractivity contribution in [2.24, 2.45) is 5.84 Å². The van der Waals surface area contributed by atoms with Gasteiger partial charge in [-0.2, -0.15) is 0 Å². The van der Waals surface area contributed by atoms with Gasteiger partial charge < -0.3 is 14.9 Å². The Morgan fingerprint density at radius 1 is 1.30 bits per heavy atom. The Hall–Kier alpha value is -2.34. The standard InChI is InChI=1S/C14H18N4O2/c1-3-12-13(18-15)16-9-17-14(12)20-8-10-5-4-6-11(7-10)19-2/h4-7,9H,3,8,15H2,1-2H3,(H,16,17,18). The maximum atomic E-state index is 5.75. The molecule has 0 spiro atoms. The smallest absolute Gasteiger partial charge is 0.222 e. The van der Waals surface area contributed by atoms with Gasteiger partial charge in [0.2, 0.25) is 5.88 Å². The molecule has 0 radical (unpaired) electrons. The molecule has 0 aliphatic rings. The first kappa shape index (κ1) is 14.1. The Morgan fingerprint density at radius 3 is 2.85 bits per heavy atom. The van der Waals surface area contributed by atoms with Crippen LogP contribution in [0.15, 0.2) is 30.6 Å². The third-order valence-corrected chi connectivity index (χ3v) is 2.91. The van der Waals surface area contributed by atoms with Gasteiger partial charge in [-0.1, -0.05) is 19.1 Å². The summed E-state index contributed by atoms with van der Waals surface area (Å²) >= 11 is 0. The molecule has 20 heavy (non-hydrogen) atoms. The molecule has 1 aromatic heterocycles. The highest BCUT2D eigenvalue weighted by molar-refractivity contribution is 5.47. The maximum absolute atomic E-state index is 5.75. The fourth-order valence-corrected chi connectivity index (χ4v) is 1.88. The number of hydrogen-bond acceptors (Lipinski definition) is 6. The van der Waals surface area contributed by atoms with Crippen molar-refractivity contribution >= 4 is 5.82 Å². The van der Waals surface area contributed by atoms with Crippen molar-refractivity contribution in [3.63, 3.8) is 0 Å². The van der Waals surface area contributed by atoms with E-state index >= 15 is 0 Å². The van der Waals surface area contributed by atoms with E-state index in [1.54, 1.807) is 7.11 Å². The molecule has 0 saturated heterocycles. The third-order valence-electron chi connectivity index (χ3n) is 2.91. The number of hydrogen-bond donors (Lipinski definition) is 2. The summed E-state index contributed by atoms with van der Waals surface area (Å²) in [6.07, 6.45) is 2.16. The molecule has 6 nitrogen and oxygen atoms in total. The van der Waals surface area contributed by atoms with Crippen LogP contribution in [0.5, 0.6) is 11.6 Å². The molecule has 3 N–H and O–H groups in total. The van der Waals surface area contributed by atoms with E-state index in [9.17, 15) is 0 Å². The monoisotopic (exact) mass is 274 g/mol. The first-order valence-corrected chi connectivity index (χ1v) is 6.34. The second-order valence-corrected chi connectivity index (χ2v) is 4.14. The van der Waals surface area contributed by atoms with Crippen molar-refractivity contribution in [3.05, 3.63) is 41.7 Å². The summed E-state index contributed by atoms with van der Waals surface area (Å²) in [4.78, 5) is 8.22. The van der Waals surface area contributed by atoms with E-state index in [-0.39, 0.29) is 0 Å². The zero-order chi connectivity index (χ0) is 14.4.